The van der Waals surface area contributed by atoms with Gasteiger partial charge in [-0.3, -0.25) is 19.3 Å². The van der Waals surface area contributed by atoms with Gasteiger partial charge in [0.1, 0.15) is 6.54 Å². The summed E-state index contributed by atoms with van der Waals surface area (Å²) in [5, 5.41) is 4.18. The molecule has 8 heteroatoms. The van der Waals surface area contributed by atoms with Gasteiger partial charge >= 0.3 is 0 Å². The maximum Gasteiger partial charge on any atom is 0.294 e. The van der Waals surface area contributed by atoms with E-state index in [0.717, 1.165) is 31.6 Å². The third kappa shape index (κ3) is 4.02. The highest BCUT2D eigenvalue weighted by atomic mass is 79.9. The number of imide groups is 1. The molecular weight excluding hydrogens is 424 g/mol. The van der Waals surface area contributed by atoms with E-state index in [0.29, 0.717) is 10.6 Å². The number of anilines is 1. The summed E-state index contributed by atoms with van der Waals surface area (Å²) < 4.78 is 0.727. The molecule has 0 spiro atoms. The monoisotopic (exact) mass is 436 g/mol. The van der Waals surface area contributed by atoms with Gasteiger partial charge in [0.2, 0.25) is 5.91 Å². The Bertz CT molecular complexity index is 892. The Labute approximate surface area is 161 Å². The third-order valence-electron chi connectivity index (χ3n) is 3.49. The number of aryl methyl sites for hydroxylation is 1. The van der Waals surface area contributed by atoms with Crippen LogP contribution in [-0.2, 0) is 9.59 Å². The molecule has 3 amide bonds. The SMILES string of the molecule is Cc1ccsc1/C=C1/SC(=O)N(CC(=O)Nc2ccccc2Br)C1=O. The van der Waals surface area contributed by atoms with Gasteiger partial charge in [-0.1, -0.05) is 12.1 Å². The Morgan fingerprint density at radius 1 is 1.28 bits per heavy atom. The fourth-order valence-corrected chi connectivity index (χ4v) is 4.32. The highest BCUT2D eigenvalue weighted by molar-refractivity contribution is 9.10. The lowest BCUT2D eigenvalue weighted by atomic mass is 10.2. The van der Waals surface area contributed by atoms with E-state index in [4.69, 9.17) is 0 Å². The van der Waals surface area contributed by atoms with Crippen LogP contribution in [0.5, 0.6) is 0 Å². The molecule has 0 bridgehead atoms. The van der Waals surface area contributed by atoms with Crippen molar-refractivity contribution >= 4 is 67.8 Å². The highest BCUT2D eigenvalue weighted by Gasteiger charge is 2.36. The highest BCUT2D eigenvalue weighted by Crippen LogP contribution is 2.33. The molecule has 5 nitrogen and oxygen atoms in total. The molecule has 3 rings (SSSR count). The number of halogens is 1. The van der Waals surface area contributed by atoms with Crippen molar-refractivity contribution < 1.29 is 14.4 Å². The fourth-order valence-electron chi connectivity index (χ4n) is 2.18. The summed E-state index contributed by atoms with van der Waals surface area (Å²) in [5.74, 6) is -0.868. The van der Waals surface area contributed by atoms with E-state index in [-0.39, 0.29) is 6.54 Å². The summed E-state index contributed by atoms with van der Waals surface area (Å²) >= 11 is 5.69. The molecule has 0 saturated carbocycles. The van der Waals surface area contributed by atoms with Crippen LogP contribution in [0.15, 0.2) is 45.1 Å². The number of thiophene rings is 1. The average Bonchev–Trinajstić information content (AvgIpc) is 3.08. The molecule has 1 aliphatic rings. The summed E-state index contributed by atoms with van der Waals surface area (Å²) in [6.07, 6.45) is 1.70. The predicted octanol–water partition coefficient (Wildman–Crippen LogP) is 4.49. The quantitative estimate of drug-likeness (QED) is 0.716. The number of thioether (sulfide) groups is 1. The second kappa shape index (κ2) is 7.55. The molecule has 1 aromatic carbocycles. The smallest absolute Gasteiger partial charge is 0.294 e. The summed E-state index contributed by atoms with van der Waals surface area (Å²) in [6, 6.07) is 9.09. The minimum atomic E-state index is -0.440. The van der Waals surface area contributed by atoms with Crippen LogP contribution in [0.4, 0.5) is 10.5 Å². The molecule has 1 aliphatic heterocycles. The number of carbonyl (C=O) groups excluding carboxylic acids is 3. The van der Waals surface area contributed by atoms with Crippen molar-refractivity contribution in [1.82, 2.24) is 4.90 Å². The van der Waals surface area contributed by atoms with Crippen LogP contribution in [0.1, 0.15) is 10.4 Å². The lowest BCUT2D eigenvalue weighted by Crippen LogP contribution is -2.36. The second-order valence-electron chi connectivity index (χ2n) is 5.26. The van der Waals surface area contributed by atoms with Crippen molar-refractivity contribution in [1.29, 1.82) is 0 Å². The molecule has 1 N–H and O–H groups in total. The molecule has 0 atom stereocenters. The van der Waals surface area contributed by atoms with Crippen molar-refractivity contribution in [3.63, 3.8) is 0 Å². The van der Waals surface area contributed by atoms with Crippen molar-refractivity contribution in [3.05, 3.63) is 55.5 Å². The Morgan fingerprint density at radius 2 is 2.04 bits per heavy atom. The average molecular weight is 437 g/mol. The van der Waals surface area contributed by atoms with Gasteiger partial charge in [0.05, 0.1) is 10.6 Å². The van der Waals surface area contributed by atoms with Gasteiger partial charge in [-0.05, 0) is 69.8 Å². The van der Waals surface area contributed by atoms with Gasteiger partial charge in [0.15, 0.2) is 0 Å². The molecule has 0 aliphatic carbocycles. The Balaban J connectivity index is 1.71. The minimum Gasteiger partial charge on any atom is -0.324 e. The standard InChI is InChI=1S/C17H13BrN2O3S2/c1-10-6-7-24-13(10)8-14-16(22)20(17(23)25-14)9-15(21)19-12-5-3-2-4-11(12)18/h2-8H,9H2,1H3,(H,19,21)/b14-8+. The number of carbonyl (C=O) groups is 3. The summed E-state index contributed by atoms with van der Waals surface area (Å²) in [7, 11) is 0. The summed E-state index contributed by atoms with van der Waals surface area (Å²) in [5.41, 5.74) is 1.63. The zero-order valence-corrected chi connectivity index (χ0v) is 16.3. The maximum atomic E-state index is 12.4. The molecule has 0 unspecified atom stereocenters. The van der Waals surface area contributed by atoms with Gasteiger partial charge < -0.3 is 5.32 Å². The summed E-state index contributed by atoms with van der Waals surface area (Å²) in [6.45, 7) is 1.63. The van der Waals surface area contributed by atoms with Gasteiger partial charge in [0, 0.05) is 9.35 Å². The fraction of sp³-hybridized carbons (Fsp3) is 0.118. The van der Waals surface area contributed by atoms with Gasteiger partial charge in [-0.25, -0.2) is 0 Å². The van der Waals surface area contributed by atoms with Gasteiger partial charge in [-0.15, -0.1) is 11.3 Å². The van der Waals surface area contributed by atoms with E-state index in [1.165, 1.54) is 11.3 Å². The zero-order chi connectivity index (χ0) is 18.0. The molecule has 1 fully saturated rings. The first-order chi connectivity index (χ1) is 12.0. The van der Waals surface area contributed by atoms with Crippen molar-refractivity contribution in [2.24, 2.45) is 0 Å². The van der Waals surface area contributed by atoms with Crippen molar-refractivity contribution in [2.45, 2.75) is 6.92 Å². The number of hydrogen-bond donors (Lipinski definition) is 1. The third-order valence-corrected chi connectivity index (χ3v) is 6.05. The molecule has 1 aromatic heterocycles. The topological polar surface area (TPSA) is 66.5 Å². The lowest BCUT2D eigenvalue weighted by Gasteiger charge is -2.13. The van der Waals surface area contributed by atoms with Crippen molar-refractivity contribution in [2.75, 3.05) is 11.9 Å². The van der Waals surface area contributed by atoms with Crippen LogP contribution in [0, 0.1) is 6.92 Å². The van der Waals surface area contributed by atoms with E-state index in [9.17, 15) is 14.4 Å². The van der Waals surface area contributed by atoms with E-state index >= 15 is 0 Å². The maximum absolute atomic E-state index is 12.4. The lowest BCUT2D eigenvalue weighted by molar-refractivity contribution is -0.127. The number of benzene rings is 1. The van der Waals surface area contributed by atoms with E-state index in [1.54, 1.807) is 24.3 Å². The number of para-hydroxylation sites is 1. The van der Waals surface area contributed by atoms with Crippen LogP contribution >= 0.6 is 39.0 Å². The minimum absolute atomic E-state index is 0.313. The number of nitrogens with one attached hydrogen (secondary N) is 1. The van der Waals surface area contributed by atoms with E-state index in [2.05, 4.69) is 21.2 Å². The van der Waals surface area contributed by atoms with Gasteiger partial charge in [0.25, 0.3) is 11.1 Å². The molecule has 128 valence electrons. The van der Waals surface area contributed by atoms with Gasteiger partial charge in [-0.2, -0.15) is 0 Å². The van der Waals surface area contributed by atoms with Crippen molar-refractivity contribution in [3.8, 4) is 0 Å². The molecular formula is C17H13BrN2O3S2. The van der Waals surface area contributed by atoms with Crippen LogP contribution < -0.4 is 5.32 Å². The molecule has 2 heterocycles. The first kappa shape index (κ1) is 17.9. The Morgan fingerprint density at radius 3 is 2.72 bits per heavy atom. The zero-order valence-electron chi connectivity index (χ0n) is 13.1. The number of amides is 3. The normalized spacial score (nSPS) is 15.9. The van der Waals surface area contributed by atoms with E-state index in [1.807, 2.05) is 24.4 Å². The predicted molar refractivity (Wildman–Crippen MR) is 105 cm³/mol. The molecule has 1 saturated heterocycles. The summed E-state index contributed by atoms with van der Waals surface area (Å²) in [4.78, 5) is 39.0. The number of hydrogen-bond acceptors (Lipinski definition) is 5. The first-order valence-corrected chi connectivity index (χ1v) is 9.78. The van der Waals surface area contributed by atoms with Crippen LogP contribution in [0.2, 0.25) is 0 Å². The Kier molecular flexibility index (Phi) is 5.41. The number of rotatable bonds is 4. The second-order valence-corrected chi connectivity index (χ2v) is 8.06. The van der Waals surface area contributed by atoms with Crippen LogP contribution in [0.25, 0.3) is 6.08 Å². The first-order valence-electron chi connectivity index (χ1n) is 7.29. The van der Waals surface area contributed by atoms with Crippen LogP contribution in [0.3, 0.4) is 0 Å². The molecule has 2 aromatic rings. The largest absolute Gasteiger partial charge is 0.324 e. The van der Waals surface area contributed by atoms with E-state index < -0.39 is 17.1 Å². The number of nitrogens with zero attached hydrogens (tertiary/aromatic N) is 1. The van der Waals surface area contributed by atoms with Crippen LogP contribution in [-0.4, -0.2) is 28.5 Å². The molecule has 0 radical (unpaired) electrons. The molecule has 25 heavy (non-hydrogen) atoms. The Hall–Kier alpha value is -1.90.